The summed E-state index contributed by atoms with van der Waals surface area (Å²) in [5.74, 6) is 0.218. The number of Topliss-reactive ketones (excluding diaryl/α,β-unsaturated/α-hetero) is 1. The molecule has 0 N–H and O–H groups in total. The molecule has 1 heterocycles. The molecule has 0 aliphatic carbocycles. The molecule has 0 spiro atoms. The second-order valence-electron chi connectivity index (χ2n) is 4.94. The molecule has 0 atom stereocenters. The minimum atomic E-state index is 0.218. The Hall–Kier alpha value is -1.57. The molecule has 0 aromatic heterocycles. The number of anilines is 1. The molecule has 1 saturated heterocycles. The van der Waals surface area contributed by atoms with Gasteiger partial charge in [0.05, 0.1) is 0 Å². The van der Waals surface area contributed by atoms with Crippen molar-refractivity contribution < 1.29 is 4.79 Å². The van der Waals surface area contributed by atoms with E-state index in [1.54, 1.807) is 6.92 Å². The normalized spacial score (nSPS) is 15.5. The number of hydrogen-bond donors (Lipinski definition) is 0. The predicted molar refractivity (Wildman–Crippen MR) is 76.0 cm³/mol. The van der Waals surface area contributed by atoms with Crippen molar-refractivity contribution in [1.29, 1.82) is 0 Å². The van der Waals surface area contributed by atoms with Gasteiger partial charge in [-0.1, -0.05) is 24.3 Å². The van der Waals surface area contributed by atoms with Crippen LogP contribution in [-0.4, -0.2) is 18.9 Å². The molecule has 1 aliphatic rings. The van der Waals surface area contributed by atoms with Gasteiger partial charge < -0.3 is 4.90 Å². The highest BCUT2D eigenvalue weighted by Gasteiger charge is 2.11. The van der Waals surface area contributed by atoms with E-state index < -0.39 is 0 Å². The largest absolute Gasteiger partial charge is 0.372 e. The van der Waals surface area contributed by atoms with Crippen LogP contribution in [0.4, 0.5) is 5.69 Å². The molecular formula is C16H21NO. The quantitative estimate of drug-likeness (QED) is 0.739. The lowest BCUT2D eigenvalue weighted by Crippen LogP contribution is -2.17. The average molecular weight is 243 g/mol. The van der Waals surface area contributed by atoms with Crippen LogP contribution in [0.1, 0.15) is 31.7 Å². The van der Waals surface area contributed by atoms with E-state index in [1.807, 2.05) is 6.08 Å². The lowest BCUT2D eigenvalue weighted by atomic mass is 10.1. The number of allylic oxidation sites excluding steroid dienone is 2. The van der Waals surface area contributed by atoms with Crippen LogP contribution in [0.3, 0.4) is 0 Å². The van der Waals surface area contributed by atoms with Crippen molar-refractivity contribution in [3.63, 3.8) is 0 Å². The Kier molecular flexibility index (Phi) is 4.57. The van der Waals surface area contributed by atoms with Crippen LogP contribution in [-0.2, 0) is 11.2 Å². The molecular weight excluding hydrogens is 222 g/mol. The number of nitrogens with zero attached hydrogens (tertiary/aromatic N) is 1. The van der Waals surface area contributed by atoms with Crippen molar-refractivity contribution in [2.45, 2.75) is 32.6 Å². The maximum Gasteiger partial charge on any atom is 0.133 e. The minimum absolute atomic E-state index is 0.218. The van der Waals surface area contributed by atoms with E-state index in [0.717, 1.165) is 6.42 Å². The molecule has 0 saturated carbocycles. The van der Waals surface area contributed by atoms with E-state index in [9.17, 15) is 4.79 Å². The van der Waals surface area contributed by atoms with Crippen LogP contribution in [0, 0.1) is 0 Å². The molecule has 1 aliphatic heterocycles. The van der Waals surface area contributed by atoms with Gasteiger partial charge in [-0.05, 0) is 43.9 Å². The van der Waals surface area contributed by atoms with Gasteiger partial charge in [-0.25, -0.2) is 0 Å². The standard InChI is InChI=1S/C16H21NO/c1-14(18)6-2-3-7-15-8-10-16(11-9-15)17-12-4-5-13-17/h2-3,8-11H,4-7,12-13H2,1H3. The number of ketones is 1. The van der Waals surface area contributed by atoms with E-state index in [2.05, 4.69) is 35.2 Å². The maximum absolute atomic E-state index is 10.8. The second-order valence-corrected chi connectivity index (χ2v) is 4.94. The zero-order chi connectivity index (χ0) is 12.8. The van der Waals surface area contributed by atoms with Crippen molar-refractivity contribution >= 4 is 11.5 Å². The van der Waals surface area contributed by atoms with E-state index >= 15 is 0 Å². The first-order valence-electron chi connectivity index (χ1n) is 6.74. The molecule has 2 nitrogen and oxygen atoms in total. The summed E-state index contributed by atoms with van der Waals surface area (Å²) in [5.41, 5.74) is 2.64. The summed E-state index contributed by atoms with van der Waals surface area (Å²) in [6.45, 7) is 4.00. The van der Waals surface area contributed by atoms with Gasteiger partial charge >= 0.3 is 0 Å². The van der Waals surface area contributed by atoms with Gasteiger partial charge in [0.15, 0.2) is 0 Å². The first-order valence-corrected chi connectivity index (χ1v) is 6.74. The summed E-state index contributed by atoms with van der Waals surface area (Å²) < 4.78 is 0. The van der Waals surface area contributed by atoms with Gasteiger partial charge in [-0.3, -0.25) is 4.79 Å². The molecule has 1 aromatic carbocycles. The predicted octanol–water partition coefficient (Wildman–Crippen LogP) is 3.36. The lowest BCUT2D eigenvalue weighted by molar-refractivity contribution is -0.116. The summed E-state index contributed by atoms with van der Waals surface area (Å²) in [4.78, 5) is 13.2. The third-order valence-corrected chi connectivity index (χ3v) is 3.33. The Morgan fingerprint density at radius 3 is 2.44 bits per heavy atom. The van der Waals surface area contributed by atoms with Gasteiger partial charge in [-0.15, -0.1) is 0 Å². The SMILES string of the molecule is CC(=O)CC=CCc1ccc(N2CCCC2)cc1. The first kappa shape index (κ1) is 12.9. The van der Waals surface area contributed by atoms with E-state index in [4.69, 9.17) is 0 Å². The van der Waals surface area contributed by atoms with Crippen molar-refractivity contribution in [1.82, 2.24) is 0 Å². The summed E-state index contributed by atoms with van der Waals surface area (Å²) in [7, 11) is 0. The fourth-order valence-electron chi connectivity index (χ4n) is 2.29. The molecule has 0 radical (unpaired) electrons. The first-order chi connectivity index (χ1) is 8.75. The third kappa shape index (κ3) is 3.73. The average Bonchev–Trinajstić information content (AvgIpc) is 2.89. The maximum atomic E-state index is 10.8. The molecule has 0 unspecified atom stereocenters. The summed E-state index contributed by atoms with van der Waals surface area (Å²) >= 11 is 0. The van der Waals surface area contributed by atoms with Crippen molar-refractivity contribution in [2.75, 3.05) is 18.0 Å². The number of benzene rings is 1. The highest BCUT2D eigenvalue weighted by atomic mass is 16.1. The molecule has 2 rings (SSSR count). The van der Waals surface area contributed by atoms with Crippen molar-refractivity contribution in [3.8, 4) is 0 Å². The van der Waals surface area contributed by atoms with Crippen LogP contribution in [0.2, 0.25) is 0 Å². The Balaban J connectivity index is 1.87. The Morgan fingerprint density at radius 1 is 1.17 bits per heavy atom. The second kappa shape index (κ2) is 6.39. The fraction of sp³-hybridized carbons (Fsp3) is 0.438. The van der Waals surface area contributed by atoms with Gasteiger partial charge in [0.1, 0.15) is 5.78 Å². The smallest absolute Gasteiger partial charge is 0.133 e. The van der Waals surface area contributed by atoms with Crippen molar-refractivity contribution in [3.05, 3.63) is 42.0 Å². The summed E-state index contributed by atoms with van der Waals surface area (Å²) in [5, 5.41) is 0. The highest BCUT2D eigenvalue weighted by Crippen LogP contribution is 2.20. The number of carbonyl (C=O) groups excluding carboxylic acids is 1. The molecule has 1 fully saturated rings. The summed E-state index contributed by atoms with van der Waals surface area (Å²) in [6.07, 6.45) is 8.12. The van der Waals surface area contributed by atoms with E-state index in [0.29, 0.717) is 6.42 Å². The monoisotopic (exact) mass is 243 g/mol. The molecule has 1 aromatic rings. The van der Waals surface area contributed by atoms with Crippen LogP contribution in [0.15, 0.2) is 36.4 Å². The fourth-order valence-corrected chi connectivity index (χ4v) is 2.29. The third-order valence-electron chi connectivity index (χ3n) is 3.33. The number of carbonyl (C=O) groups is 1. The Bertz CT molecular complexity index is 413. The lowest BCUT2D eigenvalue weighted by Gasteiger charge is -2.17. The van der Waals surface area contributed by atoms with Gasteiger partial charge in [0, 0.05) is 25.2 Å². The van der Waals surface area contributed by atoms with Gasteiger partial charge in [-0.2, -0.15) is 0 Å². The highest BCUT2D eigenvalue weighted by molar-refractivity contribution is 5.76. The minimum Gasteiger partial charge on any atom is -0.372 e. The zero-order valence-electron chi connectivity index (χ0n) is 11.1. The van der Waals surface area contributed by atoms with Gasteiger partial charge in [0.2, 0.25) is 0 Å². The van der Waals surface area contributed by atoms with Crippen LogP contribution in [0.5, 0.6) is 0 Å². The van der Waals surface area contributed by atoms with Crippen LogP contribution < -0.4 is 4.90 Å². The molecule has 0 amide bonds. The molecule has 18 heavy (non-hydrogen) atoms. The number of rotatable bonds is 5. The van der Waals surface area contributed by atoms with Crippen LogP contribution >= 0.6 is 0 Å². The topological polar surface area (TPSA) is 20.3 Å². The Morgan fingerprint density at radius 2 is 1.83 bits per heavy atom. The van der Waals surface area contributed by atoms with E-state index in [-0.39, 0.29) is 5.78 Å². The number of hydrogen-bond acceptors (Lipinski definition) is 2. The Labute approximate surface area is 109 Å². The molecule has 2 heteroatoms. The zero-order valence-corrected chi connectivity index (χ0v) is 11.1. The summed E-state index contributed by atoms with van der Waals surface area (Å²) in [6, 6.07) is 8.79. The van der Waals surface area contributed by atoms with E-state index in [1.165, 1.54) is 37.2 Å². The van der Waals surface area contributed by atoms with Crippen molar-refractivity contribution in [2.24, 2.45) is 0 Å². The van der Waals surface area contributed by atoms with Gasteiger partial charge in [0.25, 0.3) is 0 Å². The molecule has 96 valence electrons. The molecule has 0 bridgehead atoms. The van der Waals surface area contributed by atoms with Crippen LogP contribution in [0.25, 0.3) is 0 Å².